The highest BCUT2D eigenvalue weighted by Gasteiger charge is 2.24. The molecule has 2 rings (SSSR count). The van der Waals surface area contributed by atoms with Crippen molar-refractivity contribution in [1.29, 1.82) is 0 Å². The predicted molar refractivity (Wildman–Crippen MR) is 70.0 cm³/mol. The van der Waals surface area contributed by atoms with Gasteiger partial charge in [0.25, 0.3) is 0 Å². The van der Waals surface area contributed by atoms with Crippen LogP contribution >= 0.6 is 0 Å². The number of methoxy groups -OCH3 is 1. The molecule has 0 radical (unpaired) electrons. The molecule has 1 aliphatic carbocycles. The molecule has 6 nitrogen and oxygen atoms in total. The summed E-state index contributed by atoms with van der Waals surface area (Å²) in [4.78, 5) is 8.28. The molecule has 1 saturated carbocycles. The number of aromatic nitrogens is 2. The average Bonchev–Trinajstić information content (AvgIpc) is 2.41. The van der Waals surface area contributed by atoms with E-state index in [2.05, 4.69) is 20.6 Å². The lowest BCUT2D eigenvalue weighted by atomic mass is 9.92. The Hall–Kier alpha value is -1.56. The van der Waals surface area contributed by atoms with Crippen LogP contribution in [0.4, 0.5) is 11.6 Å². The molecule has 1 heterocycles. The van der Waals surface area contributed by atoms with Crippen molar-refractivity contribution >= 4 is 11.6 Å². The van der Waals surface area contributed by atoms with E-state index in [1.165, 1.54) is 6.33 Å². The van der Waals surface area contributed by atoms with Gasteiger partial charge in [0, 0.05) is 7.05 Å². The van der Waals surface area contributed by atoms with Gasteiger partial charge >= 0.3 is 0 Å². The molecule has 1 aromatic rings. The summed E-state index contributed by atoms with van der Waals surface area (Å²) in [5.41, 5.74) is 0. The van der Waals surface area contributed by atoms with Crippen LogP contribution in [0.1, 0.15) is 25.7 Å². The lowest BCUT2D eigenvalue weighted by Crippen LogP contribution is -2.36. The van der Waals surface area contributed by atoms with Gasteiger partial charge < -0.3 is 20.5 Å². The maximum Gasteiger partial charge on any atom is 0.204 e. The van der Waals surface area contributed by atoms with Gasteiger partial charge in [-0.25, -0.2) is 9.97 Å². The van der Waals surface area contributed by atoms with Crippen LogP contribution in [0.3, 0.4) is 0 Å². The Kier molecular flexibility index (Phi) is 4.19. The lowest BCUT2D eigenvalue weighted by Gasteiger charge is -2.29. The van der Waals surface area contributed by atoms with E-state index < -0.39 is 0 Å². The second-order valence-corrected chi connectivity index (χ2v) is 4.46. The summed E-state index contributed by atoms with van der Waals surface area (Å²) in [6.07, 6.45) is 5.15. The molecule has 100 valence electrons. The number of hydrogen-bond donors (Lipinski definition) is 3. The third-order valence-corrected chi connectivity index (χ3v) is 3.30. The molecular formula is C12H20N4O2. The van der Waals surface area contributed by atoms with Gasteiger partial charge in [-0.2, -0.15) is 0 Å². The summed E-state index contributed by atoms with van der Waals surface area (Å²) in [7, 11) is 3.37. The largest absolute Gasteiger partial charge is 0.490 e. The van der Waals surface area contributed by atoms with Crippen molar-refractivity contribution in [2.45, 2.75) is 37.8 Å². The number of hydrogen-bond acceptors (Lipinski definition) is 6. The quantitative estimate of drug-likeness (QED) is 0.748. The molecule has 0 spiro atoms. The number of aliphatic hydroxyl groups excluding tert-OH is 1. The van der Waals surface area contributed by atoms with Crippen molar-refractivity contribution in [3.63, 3.8) is 0 Å². The van der Waals surface area contributed by atoms with Crippen LogP contribution in [0.2, 0.25) is 0 Å². The van der Waals surface area contributed by atoms with Gasteiger partial charge in [0.1, 0.15) is 6.33 Å². The fourth-order valence-electron chi connectivity index (χ4n) is 2.30. The van der Waals surface area contributed by atoms with E-state index in [1.807, 2.05) is 0 Å². The molecule has 2 atom stereocenters. The Bertz CT molecular complexity index is 400. The number of ether oxygens (including phenoxy) is 1. The molecule has 1 fully saturated rings. The number of aliphatic hydroxyl groups is 1. The van der Waals surface area contributed by atoms with Crippen LogP contribution in [0.5, 0.6) is 5.75 Å². The number of anilines is 2. The van der Waals surface area contributed by atoms with E-state index >= 15 is 0 Å². The highest BCUT2D eigenvalue weighted by Crippen LogP contribution is 2.31. The zero-order valence-electron chi connectivity index (χ0n) is 10.8. The lowest BCUT2D eigenvalue weighted by molar-refractivity contribution is 0.116. The van der Waals surface area contributed by atoms with Crippen molar-refractivity contribution in [1.82, 2.24) is 9.97 Å². The highest BCUT2D eigenvalue weighted by atomic mass is 16.5. The Labute approximate surface area is 107 Å². The minimum absolute atomic E-state index is 0.0345. The molecule has 1 aromatic heterocycles. The SMILES string of the molecule is CNc1ncnc(NC2CCCCC2O)c1OC. The number of nitrogens with zero attached hydrogens (tertiary/aromatic N) is 2. The standard InChI is InChI=1S/C12H20N4O2/c1-13-11-10(18-2)12(15-7-14-11)16-8-5-3-4-6-9(8)17/h7-9,17H,3-6H2,1-2H3,(H2,13,14,15,16). The van der Waals surface area contributed by atoms with E-state index in [0.29, 0.717) is 17.4 Å². The fourth-order valence-corrected chi connectivity index (χ4v) is 2.30. The average molecular weight is 252 g/mol. The van der Waals surface area contributed by atoms with Crippen LogP contribution in [0.15, 0.2) is 6.33 Å². The number of nitrogens with one attached hydrogen (secondary N) is 2. The van der Waals surface area contributed by atoms with Gasteiger partial charge in [-0.05, 0) is 12.8 Å². The molecule has 6 heteroatoms. The zero-order valence-corrected chi connectivity index (χ0v) is 10.8. The Balaban J connectivity index is 2.17. The molecule has 2 unspecified atom stereocenters. The van der Waals surface area contributed by atoms with Crippen molar-refractivity contribution in [3.8, 4) is 5.75 Å². The summed E-state index contributed by atoms with van der Waals surface area (Å²) in [6.45, 7) is 0. The predicted octanol–water partition coefficient (Wildman–Crippen LogP) is 1.24. The van der Waals surface area contributed by atoms with E-state index in [1.54, 1.807) is 14.2 Å². The molecule has 18 heavy (non-hydrogen) atoms. The molecule has 0 saturated heterocycles. The summed E-state index contributed by atoms with van der Waals surface area (Å²) in [5, 5.41) is 16.2. The van der Waals surface area contributed by atoms with E-state index in [0.717, 1.165) is 25.7 Å². The normalized spacial score (nSPS) is 23.5. The summed E-state index contributed by atoms with van der Waals surface area (Å²) in [6, 6.07) is 0.0345. The van der Waals surface area contributed by atoms with E-state index in [4.69, 9.17) is 4.74 Å². The van der Waals surface area contributed by atoms with Gasteiger partial charge in [0.15, 0.2) is 11.6 Å². The molecule has 0 bridgehead atoms. The minimum atomic E-state index is -0.323. The second-order valence-electron chi connectivity index (χ2n) is 4.46. The first-order chi connectivity index (χ1) is 8.76. The summed E-state index contributed by atoms with van der Waals surface area (Å²) >= 11 is 0. The van der Waals surface area contributed by atoms with Crippen LogP contribution in [0, 0.1) is 0 Å². The third-order valence-electron chi connectivity index (χ3n) is 3.30. The van der Waals surface area contributed by atoms with Gasteiger partial charge in [0.05, 0.1) is 19.3 Å². The maximum absolute atomic E-state index is 9.96. The van der Waals surface area contributed by atoms with Gasteiger partial charge in [0.2, 0.25) is 5.75 Å². The van der Waals surface area contributed by atoms with Crippen molar-refractivity contribution in [2.24, 2.45) is 0 Å². The van der Waals surface area contributed by atoms with Crippen LogP contribution in [-0.4, -0.2) is 41.4 Å². The molecule has 0 aliphatic heterocycles. The molecule has 0 amide bonds. The zero-order chi connectivity index (χ0) is 13.0. The highest BCUT2D eigenvalue weighted by molar-refractivity contribution is 5.63. The molecular weight excluding hydrogens is 232 g/mol. The Morgan fingerprint density at radius 3 is 2.67 bits per heavy atom. The Morgan fingerprint density at radius 2 is 2.00 bits per heavy atom. The molecule has 3 N–H and O–H groups in total. The first kappa shape index (κ1) is 12.9. The molecule has 0 aromatic carbocycles. The van der Waals surface area contributed by atoms with Crippen LogP contribution < -0.4 is 15.4 Å². The first-order valence-corrected chi connectivity index (χ1v) is 6.27. The maximum atomic E-state index is 9.96. The van der Waals surface area contributed by atoms with Crippen LogP contribution in [-0.2, 0) is 0 Å². The van der Waals surface area contributed by atoms with Gasteiger partial charge in [-0.1, -0.05) is 12.8 Å². The fraction of sp³-hybridized carbons (Fsp3) is 0.667. The second kappa shape index (κ2) is 5.86. The smallest absolute Gasteiger partial charge is 0.204 e. The topological polar surface area (TPSA) is 79.3 Å². The monoisotopic (exact) mass is 252 g/mol. The Morgan fingerprint density at radius 1 is 1.28 bits per heavy atom. The van der Waals surface area contributed by atoms with Crippen molar-refractivity contribution < 1.29 is 9.84 Å². The van der Waals surface area contributed by atoms with Crippen molar-refractivity contribution in [3.05, 3.63) is 6.33 Å². The first-order valence-electron chi connectivity index (χ1n) is 6.27. The van der Waals surface area contributed by atoms with Gasteiger partial charge in [-0.15, -0.1) is 0 Å². The molecule has 1 aliphatic rings. The minimum Gasteiger partial charge on any atom is -0.490 e. The van der Waals surface area contributed by atoms with E-state index in [9.17, 15) is 5.11 Å². The third kappa shape index (κ3) is 2.64. The van der Waals surface area contributed by atoms with E-state index in [-0.39, 0.29) is 12.1 Å². The number of rotatable bonds is 4. The summed E-state index contributed by atoms with van der Waals surface area (Å²) in [5.74, 6) is 1.85. The van der Waals surface area contributed by atoms with Crippen LogP contribution in [0.25, 0.3) is 0 Å². The van der Waals surface area contributed by atoms with Crippen molar-refractivity contribution in [2.75, 3.05) is 24.8 Å². The van der Waals surface area contributed by atoms with Gasteiger partial charge in [-0.3, -0.25) is 0 Å². The summed E-state index contributed by atoms with van der Waals surface area (Å²) < 4.78 is 5.31.